The minimum Gasteiger partial charge on any atom is -0.454 e. The van der Waals surface area contributed by atoms with Gasteiger partial charge in [0.15, 0.2) is 6.61 Å². The van der Waals surface area contributed by atoms with Crippen LogP contribution in [-0.4, -0.2) is 43.8 Å². The number of anilines is 1. The summed E-state index contributed by atoms with van der Waals surface area (Å²) in [5.41, 5.74) is 2.60. The smallest absolute Gasteiger partial charge is 0.324 e. The molecular weight excluding hydrogens is 428 g/mol. The fraction of sp³-hybridized carbons (Fsp3) is 0.417. The van der Waals surface area contributed by atoms with Gasteiger partial charge in [0.05, 0.1) is 4.90 Å². The van der Waals surface area contributed by atoms with Crippen molar-refractivity contribution in [1.29, 1.82) is 0 Å². The lowest BCUT2D eigenvalue weighted by Crippen LogP contribution is -2.48. The van der Waals surface area contributed by atoms with Crippen molar-refractivity contribution in [3.63, 3.8) is 0 Å². The second-order valence-electron chi connectivity index (χ2n) is 8.34. The van der Waals surface area contributed by atoms with E-state index in [0.717, 1.165) is 11.1 Å². The third kappa shape index (κ3) is 5.55. The Morgan fingerprint density at radius 3 is 2.47 bits per heavy atom. The van der Waals surface area contributed by atoms with Crippen LogP contribution in [0.2, 0.25) is 0 Å². The third-order valence-corrected chi connectivity index (χ3v) is 7.48. The second kappa shape index (κ2) is 10.3. The van der Waals surface area contributed by atoms with Crippen LogP contribution < -0.4 is 5.32 Å². The summed E-state index contributed by atoms with van der Waals surface area (Å²) in [6.07, 6.45) is 1.75. The molecule has 1 unspecified atom stereocenters. The highest BCUT2D eigenvalue weighted by atomic mass is 32.2. The number of nitrogens with one attached hydrogen (secondary N) is 1. The van der Waals surface area contributed by atoms with E-state index in [1.165, 1.54) is 4.31 Å². The molecule has 2 aromatic carbocycles. The van der Waals surface area contributed by atoms with Crippen LogP contribution >= 0.6 is 0 Å². The summed E-state index contributed by atoms with van der Waals surface area (Å²) >= 11 is 0. The molecule has 1 saturated heterocycles. The highest BCUT2D eigenvalue weighted by Crippen LogP contribution is 2.27. The van der Waals surface area contributed by atoms with Crippen LogP contribution in [0, 0.1) is 6.92 Å². The number of hydrogen-bond acceptors (Lipinski definition) is 5. The molecule has 1 atom stereocenters. The number of carbonyl (C=O) groups is 2. The molecule has 2 aromatic rings. The van der Waals surface area contributed by atoms with E-state index in [1.807, 2.05) is 39.0 Å². The van der Waals surface area contributed by atoms with Gasteiger partial charge in [0, 0.05) is 12.2 Å². The van der Waals surface area contributed by atoms with Crippen LogP contribution in [0.15, 0.2) is 53.4 Å². The van der Waals surface area contributed by atoms with Gasteiger partial charge in [-0.3, -0.25) is 9.59 Å². The molecule has 1 N–H and O–H groups in total. The van der Waals surface area contributed by atoms with Gasteiger partial charge >= 0.3 is 5.97 Å². The molecule has 1 fully saturated rings. The topological polar surface area (TPSA) is 92.8 Å². The summed E-state index contributed by atoms with van der Waals surface area (Å²) in [7, 11) is -3.84. The van der Waals surface area contributed by atoms with Crippen molar-refractivity contribution in [3.8, 4) is 0 Å². The summed E-state index contributed by atoms with van der Waals surface area (Å²) in [6.45, 7) is 5.69. The Labute approximate surface area is 189 Å². The molecule has 0 bridgehead atoms. The van der Waals surface area contributed by atoms with Gasteiger partial charge in [-0.15, -0.1) is 0 Å². The number of carbonyl (C=O) groups excluding carboxylic acids is 2. The molecule has 0 aliphatic carbocycles. The Kier molecular flexibility index (Phi) is 7.69. The number of amides is 1. The van der Waals surface area contributed by atoms with Gasteiger partial charge in [-0.05, 0) is 55.9 Å². The number of piperidine rings is 1. The molecule has 0 aromatic heterocycles. The van der Waals surface area contributed by atoms with Crippen LogP contribution in [0.3, 0.4) is 0 Å². The first kappa shape index (κ1) is 23.9. The van der Waals surface area contributed by atoms with Crippen molar-refractivity contribution < 1.29 is 22.7 Å². The van der Waals surface area contributed by atoms with Crippen molar-refractivity contribution in [1.82, 2.24) is 4.31 Å². The van der Waals surface area contributed by atoms with Gasteiger partial charge in [0.2, 0.25) is 10.0 Å². The zero-order valence-electron chi connectivity index (χ0n) is 18.7. The van der Waals surface area contributed by atoms with Crippen molar-refractivity contribution in [2.24, 2.45) is 0 Å². The summed E-state index contributed by atoms with van der Waals surface area (Å²) in [6, 6.07) is 13.1. The van der Waals surface area contributed by atoms with Crippen LogP contribution in [0.25, 0.3) is 0 Å². The van der Waals surface area contributed by atoms with Gasteiger partial charge in [-0.25, -0.2) is 8.42 Å². The van der Waals surface area contributed by atoms with Crippen molar-refractivity contribution in [2.45, 2.75) is 56.9 Å². The number of hydrogen-bond donors (Lipinski definition) is 1. The minimum atomic E-state index is -3.84. The standard InChI is InChI=1S/C24H30N2O5S/c1-17(2)20-8-4-5-9-21(20)25-23(27)16-31-24(28)22-10-6-7-15-26(22)32(29,30)19-13-11-18(3)12-14-19/h4-5,8-9,11-14,17,22H,6-7,10,15-16H2,1-3H3,(H,25,27). The molecule has 0 saturated carbocycles. The van der Waals surface area contributed by atoms with E-state index < -0.39 is 34.5 Å². The van der Waals surface area contributed by atoms with Gasteiger partial charge in [0.1, 0.15) is 6.04 Å². The Morgan fingerprint density at radius 1 is 1.09 bits per heavy atom. The molecule has 1 aliphatic heterocycles. The van der Waals surface area contributed by atoms with Gasteiger partial charge in [0.25, 0.3) is 5.91 Å². The average molecular weight is 459 g/mol. The lowest BCUT2D eigenvalue weighted by Gasteiger charge is -2.33. The second-order valence-corrected chi connectivity index (χ2v) is 10.2. The number of rotatable bonds is 7. The van der Waals surface area contributed by atoms with Gasteiger partial charge in [-0.1, -0.05) is 49.7 Å². The number of aryl methyl sites for hydroxylation is 1. The van der Waals surface area contributed by atoms with Crippen LogP contribution in [-0.2, 0) is 24.3 Å². The Balaban J connectivity index is 1.67. The third-order valence-electron chi connectivity index (χ3n) is 5.56. The molecule has 32 heavy (non-hydrogen) atoms. The zero-order valence-corrected chi connectivity index (χ0v) is 19.5. The monoisotopic (exact) mass is 458 g/mol. The average Bonchev–Trinajstić information content (AvgIpc) is 2.78. The van der Waals surface area contributed by atoms with E-state index in [2.05, 4.69) is 5.32 Å². The van der Waals surface area contributed by atoms with Crippen molar-refractivity contribution in [2.75, 3.05) is 18.5 Å². The highest BCUT2D eigenvalue weighted by Gasteiger charge is 2.38. The Morgan fingerprint density at radius 2 is 1.78 bits per heavy atom. The molecular formula is C24H30N2O5S. The Hall–Kier alpha value is -2.71. The van der Waals surface area contributed by atoms with E-state index in [9.17, 15) is 18.0 Å². The minimum absolute atomic E-state index is 0.144. The molecule has 3 rings (SSSR count). The number of nitrogens with zero attached hydrogens (tertiary/aromatic N) is 1. The van der Waals surface area contributed by atoms with Crippen LogP contribution in [0.1, 0.15) is 50.2 Å². The first-order chi connectivity index (χ1) is 15.2. The highest BCUT2D eigenvalue weighted by molar-refractivity contribution is 7.89. The Bertz CT molecular complexity index is 1060. The summed E-state index contributed by atoms with van der Waals surface area (Å²) < 4.78 is 32.7. The van der Waals surface area contributed by atoms with Gasteiger partial charge in [-0.2, -0.15) is 4.31 Å². The summed E-state index contributed by atoms with van der Waals surface area (Å²) in [5, 5.41) is 2.77. The first-order valence-corrected chi connectivity index (χ1v) is 12.3. The molecule has 8 heteroatoms. The van der Waals surface area contributed by atoms with E-state index in [4.69, 9.17) is 4.74 Å². The lowest BCUT2D eigenvalue weighted by molar-refractivity contribution is -0.152. The molecule has 1 amide bonds. The van der Waals surface area contributed by atoms with E-state index in [-0.39, 0.29) is 17.4 Å². The maximum absolute atomic E-state index is 13.1. The number of sulfonamides is 1. The van der Waals surface area contributed by atoms with E-state index in [0.29, 0.717) is 24.9 Å². The summed E-state index contributed by atoms with van der Waals surface area (Å²) in [5.74, 6) is -0.945. The normalized spacial score (nSPS) is 17.2. The molecule has 1 heterocycles. The van der Waals surface area contributed by atoms with Crippen LogP contribution in [0.4, 0.5) is 5.69 Å². The maximum Gasteiger partial charge on any atom is 0.324 e. The summed E-state index contributed by atoms with van der Waals surface area (Å²) in [4.78, 5) is 25.3. The predicted molar refractivity (Wildman–Crippen MR) is 123 cm³/mol. The van der Waals surface area contributed by atoms with E-state index >= 15 is 0 Å². The first-order valence-electron chi connectivity index (χ1n) is 10.8. The zero-order chi connectivity index (χ0) is 23.3. The quantitative estimate of drug-likeness (QED) is 0.637. The van der Waals surface area contributed by atoms with Gasteiger partial charge < -0.3 is 10.1 Å². The fourth-order valence-corrected chi connectivity index (χ4v) is 5.45. The number of para-hydroxylation sites is 1. The fourth-order valence-electron chi connectivity index (χ4n) is 3.81. The molecule has 0 radical (unpaired) electrons. The number of esters is 1. The van der Waals surface area contributed by atoms with Crippen molar-refractivity contribution in [3.05, 3.63) is 59.7 Å². The molecule has 1 aliphatic rings. The molecule has 0 spiro atoms. The maximum atomic E-state index is 13.1. The van der Waals surface area contributed by atoms with Crippen molar-refractivity contribution >= 4 is 27.6 Å². The van der Waals surface area contributed by atoms with E-state index in [1.54, 1.807) is 30.3 Å². The molecule has 7 nitrogen and oxygen atoms in total. The number of ether oxygens (including phenoxy) is 1. The van der Waals surface area contributed by atoms with Crippen LogP contribution in [0.5, 0.6) is 0 Å². The number of benzene rings is 2. The predicted octanol–water partition coefficient (Wildman–Crippen LogP) is 3.84. The largest absolute Gasteiger partial charge is 0.454 e. The lowest BCUT2D eigenvalue weighted by atomic mass is 10.0. The molecule has 172 valence electrons. The SMILES string of the molecule is Cc1ccc(S(=O)(=O)N2CCCCC2C(=O)OCC(=O)Nc2ccccc2C(C)C)cc1.